The van der Waals surface area contributed by atoms with E-state index >= 15 is 0 Å². The normalized spacial score (nSPS) is 11.2. The molecule has 0 radical (unpaired) electrons. The molecule has 0 aliphatic carbocycles. The second-order valence-electron chi connectivity index (χ2n) is 8.07. The highest BCUT2D eigenvalue weighted by Gasteiger charge is 2.18. The number of rotatable bonds is 7. The number of thioether (sulfide) groups is 1. The molecular weight excluding hydrogens is 489 g/mol. The van der Waals surface area contributed by atoms with E-state index in [4.69, 9.17) is 28.2 Å². The summed E-state index contributed by atoms with van der Waals surface area (Å²) in [6, 6.07) is 20.2. The van der Waals surface area contributed by atoms with Gasteiger partial charge in [0.15, 0.2) is 5.16 Å². The molecule has 1 N–H and O–H groups in total. The SMILES string of the molecule is CC(C)c1ccccc1-n1c(SCC(=O)NCc2ccc(Cl)cc2Cl)nc2ccccc2c1=O. The minimum Gasteiger partial charge on any atom is -0.351 e. The Bertz CT molecular complexity index is 1420. The Hall–Kier alpha value is -2.80. The molecule has 3 aromatic carbocycles. The van der Waals surface area contributed by atoms with E-state index in [1.807, 2.05) is 42.5 Å². The van der Waals surface area contributed by atoms with Crippen molar-refractivity contribution in [1.82, 2.24) is 14.9 Å². The Labute approximate surface area is 212 Å². The number of halogens is 2. The van der Waals surface area contributed by atoms with Gasteiger partial charge in [-0.15, -0.1) is 0 Å². The van der Waals surface area contributed by atoms with Crippen molar-refractivity contribution in [3.8, 4) is 5.69 Å². The minimum atomic E-state index is -0.192. The van der Waals surface area contributed by atoms with Crippen LogP contribution in [0.1, 0.15) is 30.9 Å². The van der Waals surface area contributed by atoms with Crippen LogP contribution in [-0.4, -0.2) is 21.2 Å². The monoisotopic (exact) mass is 511 g/mol. The van der Waals surface area contributed by atoms with E-state index in [0.717, 1.165) is 16.8 Å². The van der Waals surface area contributed by atoms with Gasteiger partial charge in [0.05, 0.1) is 22.3 Å². The number of carbonyl (C=O) groups excluding carboxylic acids is 1. The fourth-order valence-corrected chi connectivity index (χ4v) is 4.95. The van der Waals surface area contributed by atoms with Crippen molar-refractivity contribution in [3.05, 3.63) is 98.3 Å². The fraction of sp³-hybridized carbons (Fsp3) is 0.192. The summed E-state index contributed by atoms with van der Waals surface area (Å²) in [7, 11) is 0. The summed E-state index contributed by atoms with van der Waals surface area (Å²) in [5.41, 5.74) is 3.02. The lowest BCUT2D eigenvalue weighted by molar-refractivity contribution is -0.118. The molecule has 8 heteroatoms. The number of fused-ring (bicyclic) bond motifs is 1. The molecule has 0 saturated carbocycles. The summed E-state index contributed by atoms with van der Waals surface area (Å²) in [6.45, 7) is 4.45. The zero-order chi connectivity index (χ0) is 24.2. The van der Waals surface area contributed by atoms with E-state index in [2.05, 4.69) is 19.2 Å². The van der Waals surface area contributed by atoms with Crippen LogP contribution in [0.5, 0.6) is 0 Å². The Morgan fingerprint density at radius 2 is 1.79 bits per heavy atom. The Morgan fingerprint density at radius 3 is 2.56 bits per heavy atom. The number of aromatic nitrogens is 2. The van der Waals surface area contributed by atoms with Gasteiger partial charge in [-0.3, -0.25) is 14.2 Å². The summed E-state index contributed by atoms with van der Waals surface area (Å²) >= 11 is 13.4. The maximum atomic E-state index is 13.5. The number of nitrogens with zero attached hydrogens (tertiary/aromatic N) is 2. The zero-order valence-corrected chi connectivity index (χ0v) is 21.0. The molecule has 0 atom stereocenters. The van der Waals surface area contributed by atoms with E-state index in [9.17, 15) is 9.59 Å². The van der Waals surface area contributed by atoms with Gasteiger partial charge in [0.2, 0.25) is 5.91 Å². The predicted molar refractivity (Wildman–Crippen MR) is 140 cm³/mol. The van der Waals surface area contributed by atoms with Gasteiger partial charge in [-0.1, -0.05) is 85.2 Å². The third-order valence-corrected chi connectivity index (χ3v) is 6.89. The first-order valence-corrected chi connectivity index (χ1v) is 12.5. The molecule has 174 valence electrons. The van der Waals surface area contributed by atoms with Crippen LogP contribution in [0.25, 0.3) is 16.6 Å². The first-order valence-electron chi connectivity index (χ1n) is 10.8. The summed E-state index contributed by atoms with van der Waals surface area (Å²) in [5, 5.41) is 4.91. The fourth-order valence-electron chi connectivity index (χ4n) is 3.64. The Kier molecular flexibility index (Phi) is 7.61. The molecule has 4 aromatic rings. The molecule has 1 heterocycles. The van der Waals surface area contributed by atoms with Crippen molar-refractivity contribution in [3.63, 3.8) is 0 Å². The summed E-state index contributed by atoms with van der Waals surface area (Å²) in [4.78, 5) is 30.9. The number of hydrogen-bond acceptors (Lipinski definition) is 4. The van der Waals surface area contributed by atoms with Crippen LogP contribution in [0.3, 0.4) is 0 Å². The van der Waals surface area contributed by atoms with Crippen molar-refractivity contribution in [1.29, 1.82) is 0 Å². The molecule has 34 heavy (non-hydrogen) atoms. The summed E-state index contributed by atoms with van der Waals surface area (Å²) < 4.78 is 1.62. The first kappa shape index (κ1) is 24.3. The van der Waals surface area contributed by atoms with Gasteiger partial charge in [-0.05, 0) is 47.4 Å². The lowest BCUT2D eigenvalue weighted by Gasteiger charge is -2.18. The second-order valence-corrected chi connectivity index (χ2v) is 9.85. The van der Waals surface area contributed by atoms with Gasteiger partial charge in [0, 0.05) is 16.6 Å². The number of para-hydroxylation sites is 2. The van der Waals surface area contributed by atoms with E-state index in [1.165, 1.54) is 11.8 Å². The lowest BCUT2D eigenvalue weighted by Crippen LogP contribution is -2.26. The standard InChI is InChI=1S/C26H23Cl2N3O2S/c1-16(2)19-7-4-6-10-23(19)31-25(33)20-8-3-5-9-22(20)30-26(31)34-15-24(32)29-14-17-11-12-18(27)13-21(17)28/h3-13,16H,14-15H2,1-2H3,(H,29,32). The molecule has 0 bridgehead atoms. The molecule has 0 aliphatic heterocycles. The number of hydrogen-bond donors (Lipinski definition) is 1. The highest BCUT2D eigenvalue weighted by molar-refractivity contribution is 7.99. The average Bonchev–Trinajstić information content (AvgIpc) is 2.82. The molecule has 1 aromatic heterocycles. The van der Waals surface area contributed by atoms with Crippen molar-refractivity contribution in [2.45, 2.75) is 31.5 Å². The van der Waals surface area contributed by atoms with Gasteiger partial charge in [0.25, 0.3) is 5.56 Å². The van der Waals surface area contributed by atoms with Crippen LogP contribution in [-0.2, 0) is 11.3 Å². The zero-order valence-electron chi connectivity index (χ0n) is 18.7. The molecule has 0 spiro atoms. The number of carbonyl (C=O) groups is 1. The van der Waals surface area contributed by atoms with Gasteiger partial charge < -0.3 is 5.32 Å². The first-order chi connectivity index (χ1) is 16.3. The summed E-state index contributed by atoms with van der Waals surface area (Å²) in [5.74, 6) is 0.113. The number of amides is 1. The van der Waals surface area contributed by atoms with E-state index in [-0.39, 0.29) is 29.7 Å². The highest BCUT2D eigenvalue weighted by Crippen LogP contribution is 2.27. The van der Waals surface area contributed by atoms with E-state index in [1.54, 1.807) is 28.8 Å². The van der Waals surface area contributed by atoms with Crippen LogP contribution in [0.15, 0.2) is 76.7 Å². The molecule has 4 rings (SSSR count). The van der Waals surface area contributed by atoms with Gasteiger partial charge in [-0.25, -0.2) is 4.98 Å². The third kappa shape index (κ3) is 5.30. The molecule has 1 amide bonds. The second kappa shape index (κ2) is 10.6. The maximum absolute atomic E-state index is 13.5. The van der Waals surface area contributed by atoms with Gasteiger partial charge in [0.1, 0.15) is 0 Å². The molecule has 0 saturated heterocycles. The molecule has 0 unspecified atom stereocenters. The largest absolute Gasteiger partial charge is 0.351 e. The summed E-state index contributed by atoms with van der Waals surface area (Å²) in [6.07, 6.45) is 0. The molecular formula is C26H23Cl2N3O2S. The van der Waals surface area contributed by atoms with Crippen LogP contribution in [0.2, 0.25) is 10.0 Å². The van der Waals surface area contributed by atoms with Crippen LogP contribution >= 0.6 is 35.0 Å². The molecule has 0 aliphatic rings. The third-order valence-electron chi connectivity index (χ3n) is 5.37. The maximum Gasteiger partial charge on any atom is 0.266 e. The molecule has 5 nitrogen and oxygen atoms in total. The van der Waals surface area contributed by atoms with Crippen molar-refractivity contribution in [2.75, 3.05) is 5.75 Å². The van der Waals surface area contributed by atoms with Gasteiger partial charge in [-0.2, -0.15) is 0 Å². The lowest BCUT2D eigenvalue weighted by atomic mass is 10.0. The average molecular weight is 512 g/mol. The smallest absolute Gasteiger partial charge is 0.266 e. The quantitative estimate of drug-likeness (QED) is 0.236. The van der Waals surface area contributed by atoms with Crippen molar-refractivity contribution < 1.29 is 4.79 Å². The highest BCUT2D eigenvalue weighted by atomic mass is 35.5. The van der Waals surface area contributed by atoms with E-state index in [0.29, 0.717) is 26.1 Å². The predicted octanol–water partition coefficient (Wildman–Crippen LogP) is 6.22. The van der Waals surface area contributed by atoms with Gasteiger partial charge >= 0.3 is 0 Å². The van der Waals surface area contributed by atoms with Crippen molar-refractivity contribution >= 4 is 51.8 Å². The van der Waals surface area contributed by atoms with Crippen LogP contribution in [0, 0.1) is 0 Å². The van der Waals surface area contributed by atoms with Crippen LogP contribution in [0.4, 0.5) is 0 Å². The Morgan fingerprint density at radius 1 is 1.06 bits per heavy atom. The van der Waals surface area contributed by atoms with E-state index < -0.39 is 0 Å². The number of nitrogens with one attached hydrogen (secondary N) is 1. The molecule has 0 fully saturated rings. The van der Waals surface area contributed by atoms with Crippen molar-refractivity contribution in [2.24, 2.45) is 0 Å². The number of benzene rings is 3. The Balaban J connectivity index is 1.64. The minimum absolute atomic E-state index is 0.0971. The topological polar surface area (TPSA) is 64.0 Å². The van der Waals surface area contributed by atoms with Crippen LogP contribution < -0.4 is 10.9 Å².